The molecule has 0 amide bonds. The fourth-order valence-corrected chi connectivity index (χ4v) is 7.78. The van der Waals surface area contributed by atoms with Crippen LogP contribution >= 0.6 is 15.8 Å². The Bertz CT molecular complexity index is 460. The molecule has 2 aromatic carbocycles. The van der Waals surface area contributed by atoms with Gasteiger partial charge in [-0.3, -0.25) is 0 Å². The van der Waals surface area contributed by atoms with Gasteiger partial charge in [0, 0.05) is 0 Å². The van der Waals surface area contributed by atoms with Crippen LogP contribution in [0.25, 0.3) is 0 Å². The summed E-state index contributed by atoms with van der Waals surface area (Å²) in [6, 6.07) is 22.1. The van der Waals surface area contributed by atoms with Gasteiger partial charge in [-0.2, -0.15) is 0 Å². The van der Waals surface area contributed by atoms with Gasteiger partial charge < -0.3 is 0 Å². The quantitative estimate of drug-likeness (QED) is 0.467. The largest absolute Gasteiger partial charge is 0.102 e. The zero-order valence-corrected chi connectivity index (χ0v) is 15.7. The number of hydrogen-bond donors (Lipinski definition) is 0. The summed E-state index contributed by atoms with van der Waals surface area (Å²) in [7, 11) is 0.337. The van der Waals surface area contributed by atoms with Gasteiger partial charge in [-0.1, -0.05) is 74.5 Å². The third kappa shape index (κ3) is 6.20. The van der Waals surface area contributed by atoms with E-state index >= 15 is 0 Å². The number of benzene rings is 2. The molecule has 0 radical (unpaired) electrons. The van der Waals surface area contributed by atoms with Gasteiger partial charge in [-0.05, 0) is 48.1 Å². The molecular formula is C20H28P2. The zero-order valence-electron chi connectivity index (χ0n) is 13.9. The highest BCUT2D eigenvalue weighted by atomic mass is 31.1. The van der Waals surface area contributed by atoms with Crippen molar-refractivity contribution in [3.8, 4) is 0 Å². The summed E-state index contributed by atoms with van der Waals surface area (Å²) in [5.74, 6) is 0. The second kappa shape index (κ2) is 10.1. The van der Waals surface area contributed by atoms with Gasteiger partial charge in [0.15, 0.2) is 0 Å². The standard InChI is InChI=1S/C20H28P2/c1-3-21(17-19-11-7-5-8-12-19)15-16-22(4-2)18-20-13-9-6-10-14-20/h5-14H,3-4,15-18H2,1-2H3. The Kier molecular flexibility index (Phi) is 8.14. The third-order valence-corrected chi connectivity index (χ3v) is 9.60. The minimum absolute atomic E-state index is 0.169. The van der Waals surface area contributed by atoms with Crippen molar-refractivity contribution in [1.29, 1.82) is 0 Å². The van der Waals surface area contributed by atoms with Crippen molar-refractivity contribution in [2.45, 2.75) is 26.2 Å². The lowest BCUT2D eigenvalue weighted by Gasteiger charge is -2.21. The Labute approximate surface area is 138 Å². The molecule has 2 atom stereocenters. The van der Waals surface area contributed by atoms with Crippen LogP contribution in [0.3, 0.4) is 0 Å². The fourth-order valence-electron chi connectivity index (χ4n) is 2.66. The predicted molar refractivity (Wildman–Crippen MR) is 105 cm³/mol. The molecule has 2 unspecified atom stereocenters. The summed E-state index contributed by atoms with van der Waals surface area (Å²) in [6.45, 7) is 4.75. The minimum atomic E-state index is 0.169. The molecule has 0 nitrogen and oxygen atoms in total. The Morgan fingerprint density at radius 3 is 1.27 bits per heavy atom. The van der Waals surface area contributed by atoms with E-state index in [0.717, 1.165) is 0 Å². The first-order valence-corrected chi connectivity index (χ1v) is 12.1. The average molecular weight is 330 g/mol. The first-order chi connectivity index (χ1) is 10.8. The van der Waals surface area contributed by atoms with Crippen LogP contribution in [-0.4, -0.2) is 24.6 Å². The number of rotatable bonds is 9. The average Bonchev–Trinajstić information content (AvgIpc) is 2.59. The van der Waals surface area contributed by atoms with Gasteiger partial charge in [0.2, 0.25) is 0 Å². The molecule has 0 aliphatic rings. The molecule has 0 aliphatic carbocycles. The molecule has 2 rings (SSSR count). The normalized spacial score (nSPS) is 13.7. The summed E-state index contributed by atoms with van der Waals surface area (Å²) in [4.78, 5) is 0. The maximum absolute atomic E-state index is 2.38. The van der Waals surface area contributed by atoms with Crippen molar-refractivity contribution in [3.63, 3.8) is 0 Å². The lowest BCUT2D eigenvalue weighted by atomic mass is 10.2. The minimum Gasteiger partial charge on any atom is -0.102 e. The summed E-state index contributed by atoms with van der Waals surface area (Å²) < 4.78 is 0. The molecule has 0 fully saturated rings. The van der Waals surface area contributed by atoms with E-state index in [1.54, 1.807) is 0 Å². The molecule has 22 heavy (non-hydrogen) atoms. The van der Waals surface area contributed by atoms with Gasteiger partial charge in [0.1, 0.15) is 0 Å². The second-order valence-electron chi connectivity index (χ2n) is 5.71. The monoisotopic (exact) mass is 330 g/mol. The van der Waals surface area contributed by atoms with E-state index in [0.29, 0.717) is 0 Å². The van der Waals surface area contributed by atoms with Gasteiger partial charge >= 0.3 is 0 Å². The third-order valence-electron chi connectivity index (χ3n) is 4.12. The molecule has 0 aliphatic heterocycles. The van der Waals surface area contributed by atoms with Crippen molar-refractivity contribution < 1.29 is 0 Å². The molecule has 2 aromatic rings. The molecule has 0 bridgehead atoms. The van der Waals surface area contributed by atoms with Crippen molar-refractivity contribution >= 4 is 15.8 Å². The van der Waals surface area contributed by atoms with Gasteiger partial charge in [-0.15, -0.1) is 15.8 Å². The van der Waals surface area contributed by atoms with Crippen LogP contribution in [0.4, 0.5) is 0 Å². The van der Waals surface area contributed by atoms with E-state index in [1.807, 2.05) is 0 Å². The van der Waals surface area contributed by atoms with E-state index in [9.17, 15) is 0 Å². The lowest BCUT2D eigenvalue weighted by Crippen LogP contribution is -1.99. The van der Waals surface area contributed by atoms with Crippen LogP contribution < -0.4 is 0 Å². The Balaban J connectivity index is 1.83. The molecule has 0 N–H and O–H groups in total. The molecule has 2 heteroatoms. The molecule has 0 spiro atoms. The summed E-state index contributed by atoms with van der Waals surface area (Å²) in [6.07, 6.45) is 8.25. The molecule has 0 saturated carbocycles. The van der Waals surface area contributed by atoms with Crippen LogP contribution in [-0.2, 0) is 12.3 Å². The van der Waals surface area contributed by atoms with Crippen LogP contribution in [0.5, 0.6) is 0 Å². The SMILES string of the molecule is CCP(CCP(CC)Cc1ccccc1)Cc1ccccc1. The van der Waals surface area contributed by atoms with Crippen LogP contribution in [0.2, 0.25) is 0 Å². The first-order valence-electron chi connectivity index (χ1n) is 8.34. The van der Waals surface area contributed by atoms with Crippen molar-refractivity contribution in [1.82, 2.24) is 0 Å². The molecule has 0 heterocycles. The van der Waals surface area contributed by atoms with Crippen molar-refractivity contribution in [2.24, 2.45) is 0 Å². The number of hydrogen-bond acceptors (Lipinski definition) is 0. The summed E-state index contributed by atoms with van der Waals surface area (Å²) >= 11 is 0. The molecule has 0 aromatic heterocycles. The van der Waals surface area contributed by atoms with E-state index in [2.05, 4.69) is 74.5 Å². The Hall–Kier alpha value is -0.700. The second-order valence-corrected chi connectivity index (χ2v) is 11.2. The van der Waals surface area contributed by atoms with Gasteiger partial charge in [0.05, 0.1) is 0 Å². The Morgan fingerprint density at radius 1 is 0.591 bits per heavy atom. The van der Waals surface area contributed by atoms with Crippen LogP contribution in [0.15, 0.2) is 60.7 Å². The predicted octanol–water partition coefficient (Wildman–Crippen LogP) is 6.39. The van der Waals surface area contributed by atoms with Crippen LogP contribution in [0.1, 0.15) is 25.0 Å². The summed E-state index contributed by atoms with van der Waals surface area (Å²) in [5.41, 5.74) is 3.05. The molecule has 0 saturated heterocycles. The Morgan fingerprint density at radius 2 is 0.955 bits per heavy atom. The topological polar surface area (TPSA) is 0 Å². The van der Waals surface area contributed by atoms with E-state index in [-0.39, 0.29) is 15.8 Å². The lowest BCUT2D eigenvalue weighted by molar-refractivity contribution is 1.28. The van der Waals surface area contributed by atoms with Gasteiger partial charge in [-0.25, -0.2) is 0 Å². The van der Waals surface area contributed by atoms with Crippen LogP contribution in [0, 0.1) is 0 Å². The highest BCUT2D eigenvalue weighted by Gasteiger charge is 2.11. The highest BCUT2D eigenvalue weighted by Crippen LogP contribution is 2.46. The maximum atomic E-state index is 2.38. The summed E-state index contributed by atoms with van der Waals surface area (Å²) in [5, 5.41) is 0. The fraction of sp³-hybridized carbons (Fsp3) is 0.400. The highest BCUT2D eigenvalue weighted by molar-refractivity contribution is 7.60. The maximum Gasteiger partial charge on any atom is -0.00731 e. The molecular weight excluding hydrogens is 302 g/mol. The first kappa shape index (κ1) is 17.7. The van der Waals surface area contributed by atoms with Crippen molar-refractivity contribution in [2.75, 3.05) is 24.6 Å². The van der Waals surface area contributed by atoms with Gasteiger partial charge in [0.25, 0.3) is 0 Å². The van der Waals surface area contributed by atoms with E-state index < -0.39 is 0 Å². The van der Waals surface area contributed by atoms with Crippen molar-refractivity contribution in [3.05, 3.63) is 71.8 Å². The molecule has 118 valence electrons. The zero-order chi connectivity index (χ0) is 15.6. The van der Waals surface area contributed by atoms with E-state index in [4.69, 9.17) is 0 Å². The smallest absolute Gasteiger partial charge is 0.00731 e. The van der Waals surface area contributed by atoms with E-state index in [1.165, 1.54) is 48.1 Å².